The van der Waals surface area contributed by atoms with Crippen molar-refractivity contribution in [1.29, 1.82) is 0 Å². The van der Waals surface area contributed by atoms with Gasteiger partial charge in [0.2, 0.25) is 5.91 Å². The van der Waals surface area contributed by atoms with Gasteiger partial charge in [-0.15, -0.1) is 0 Å². The van der Waals surface area contributed by atoms with Crippen molar-refractivity contribution in [3.8, 4) is 0 Å². The molecule has 2 unspecified atom stereocenters. The fraction of sp³-hybridized carbons (Fsp3) is 0.897. The normalized spacial score (nSPS) is 12.8. The number of amides is 1. The third-order valence-electron chi connectivity index (χ3n) is 13.2. The van der Waals surface area contributed by atoms with E-state index in [1.807, 2.05) is 0 Å². The molecule has 3 N–H and O–H groups in total. The topological polar surface area (TPSA) is 95.9 Å². The van der Waals surface area contributed by atoms with Crippen LogP contribution in [0.15, 0.2) is 24.3 Å². The first-order valence-corrected chi connectivity index (χ1v) is 28.6. The molecule has 0 aliphatic heterocycles. The zero-order valence-corrected chi connectivity index (χ0v) is 43.0. The number of aliphatic hydroxyl groups is 2. The molecular formula is C58H111NO5. The Bertz CT molecular complexity index is 997. The molecule has 0 aromatic carbocycles. The maximum atomic E-state index is 12.5. The lowest BCUT2D eigenvalue weighted by molar-refractivity contribution is -0.143. The fourth-order valence-electron chi connectivity index (χ4n) is 8.79. The highest BCUT2D eigenvalue weighted by Crippen LogP contribution is 2.17. The van der Waals surface area contributed by atoms with Gasteiger partial charge in [-0.25, -0.2) is 0 Å². The average molecular weight is 903 g/mol. The second kappa shape index (κ2) is 54.0. The molecule has 2 atom stereocenters. The van der Waals surface area contributed by atoms with Crippen LogP contribution in [0.1, 0.15) is 309 Å². The number of carbonyl (C=O) groups excluding carboxylic acids is 2. The van der Waals surface area contributed by atoms with E-state index < -0.39 is 12.1 Å². The maximum absolute atomic E-state index is 12.5. The van der Waals surface area contributed by atoms with Gasteiger partial charge in [0.15, 0.2) is 0 Å². The molecule has 0 saturated carbocycles. The molecule has 0 fully saturated rings. The molecule has 0 heterocycles. The standard InChI is InChI=1S/C58H111NO5/c1-3-5-7-9-11-13-15-16-17-21-24-27-31-34-38-42-46-50-56(61)55(54-60)59-57(62)51-47-43-39-35-32-28-25-22-19-18-20-23-26-29-33-37-41-45-49-53-64-58(63)52-48-44-40-36-30-14-12-10-8-6-4-2/h10,12,18-19,55-56,60-61H,3-9,11,13-17,20-54H2,1-2H3,(H,59,62)/b12-10-,19-18-. The number of rotatable bonds is 53. The number of allylic oxidation sites excluding steroid dienone is 4. The number of hydrogen-bond acceptors (Lipinski definition) is 5. The highest BCUT2D eigenvalue weighted by Gasteiger charge is 2.20. The first-order valence-electron chi connectivity index (χ1n) is 28.6. The Kier molecular flexibility index (Phi) is 52.6. The Morgan fingerprint density at radius 2 is 0.750 bits per heavy atom. The first kappa shape index (κ1) is 62.3. The summed E-state index contributed by atoms with van der Waals surface area (Å²) in [7, 11) is 0. The van der Waals surface area contributed by atoms with Gasteiger partial charge in [0.05, 0.1) is 25.4 Å². The van der Waals surface area contributed by atoms with Crippen molar-refractivity contribution in [3.63, 3.8) is 0 Å². The minimum absolute atomic E-state index is 0.00701. The van der Waals surface area contributed by atoms with Crippen molar-refractivity contribution >= 4 is 11.9 Å². The van der Waals surface area contributed by atoms with Crippen molar-refractivity contribution in [1.82, 2.24) is 5.32 Å². The summed E-state index contributed by atoms with van der Waals surface area (Å²) in [6.45, 7) is 4.91. The van der Waals surface area contributed by atoms with Gasteiger partial charge >= 0.3 is 5.97 Å². The van der Waals surface area contributed by atoms with Crippen molar-refractivity contribution in [3.05, 3.63) is 24.3 Å². The molecule has 1 amide bonds. The predicted octanol–water partition coefficient (Wildman–Crippen LogP) is 17.5. The van der Waals surface area contributed by atoms with Crippen LogP contribution in [0.3, 0.4) is 0 Å². The summed E-state index contributed by atoms with van der Waals surface area (Å²) in [5, 5.41) is 23.3. The van der Waals surface area contributed by atoms with Gasteiger partial charge in [0, 0.05) is 12.8 Å². The average Bonchev–Trinajstić information content (AvgIpc) is 3.29. The third-order valence-corrected chi connectivity index (χ3v) is 13.2. The quantitative estimate of drug-likeness (QED) is 0.0321. The van der Waals surface area contributed by atoms with Gasteiger partial charge < -0.3 is 20.3 Å². The summed E-state index contributed by atoms with van der Waals surface area (Å²) in [6.07, 6.45) is 64.5. The molecule has 6 heteroatoms. The lowest BCUT2D eigenvalue weighted by Gasteiger charge is -2.22. The number of hydrogen-bond donors (Lipinski definition) is 3. The number of aliphatic hydroxyl groups excluding tert-OH is 2. The Hall–Kier alpha value is -1.66. The lowest BCUT2D eigenvalue weighted by Crippen LogP contribution is -2.45. The molecule has 64 heavy (non-hydrogen) atoms. The van der Waals surface area contributed by atoms with Gasteiger partial charge in [-0.3, -0.25) is 9.59 Å². The zero-order chi connectivity index (χ0) is 46.5. The summed E-state index contributed by atoms with van der Waals surface area (Å²) in [5.41, 5.74) is 0. The molecule has 0 bridgehead atoms. The van der Waals surface area contributed by atoms with Crippen LogP contribution >= 0.6 is 0 Å². The third kappa shape index (κ3) is 49.8. The zero-order valence-electron chi connectivity index (χ0n) is 43.0. The summed E-state index contributed by atoms with van der Waals surface area (Å²) in [5.74, 6) is -0.0500. The molecule has 0 aliphatic rings. The van der Waals surface area contributed by atoms with E-state index in [0.717, 1.165) is 44.9 Å². The number of carbonyl (C=O) groups is 2. The molecule has 6 nitrogen and oxygen atoms in total. The van der Waals surface area contributed by atoms with Crippen molar-refractivity contribution < 1.29 is 24.5 Å². The maximum Gasteiger partial charge on any atom is 0.305 e. The molecule has 0 aliphatic carbocycles. The second-order valence-corrected chi connectivity index (χ2v) is 19.6. The fourth-order valence-corrected chi connectivity index (χ4v) is 8.79. The first-order chi connectivity index (χ1) is 31.5. The van der Waals surface area contributed by atoms with E-state index in [4.69, 9.17) is 4.74 Å². The Morgan fingerprint density at radius 3 is 1.16 bits per heavy atom. The minimum Gasteiger partial charge on any atom is -0.466 e. The monoisotopic (exact) mass is 902 g/mol. The molecule has 0 aromatic rings. The largest absolute Gasteiger partial charge is 0.466 e. The molecule has 0 saturated heterocycles. The van der Waals surface area contributed by atoms with Crippen LogP contribution in [0, 0.1) is 0 Å². The van der Waals surface area contributed by atoms with Crippen LogP contribution in [0.2, 0.25) is 0 Å². The van der Waals surface area contributed by atoms with Gasteiger partial charge in [-0.2, -0.15) is 0 Å². The number of nitrogens with one attached hydrogen (secondary N) is 1. The smallest absolute Gasteiger partial charge is 0.305 e. The van der Waals surface area contributed by atoms with E-state index in [0.29, 0.717) is 25.9 Å². The Labute approximate surface area is 399 Å². The molecule has 378 valence electrons. The molecule has 0 spiro atoms. The summed E-state index contributed by atoms with van der Waals surface area (Å²) >= 11 is 0. The lowest BCUT2D eigenvalue weighted by atomic mass is 10.0. The van der Waals surface area contributed by atoms with Gasteiger partial charge in [0.1, 0.15) is 0 Å². The van der Waals surface area contributed by atoms with E-state index >= 15 is 0 Å². The Morgan fingerprint density at radius 1 is 0.422 bits per heavy atom. The molecule has 0 radical (unpaired) electrons. The summed E-state index contributed by atoms with van der Waals surface area (Å²) in [4.78, 5) is 24.5. The van der Waals surface area contributed by atoms with E-state index in [-0.39, 0.29) is 18.5 Å². The van der Waals surface area contributed by atoms with Crippen LogP contribution in [-0.2, 0) is 14.3 Å². The van der Waals surface area contributed by atoms with E-state index in [1.54, 1.807) is 0 Å². The summed E-state index contributed by atoms with van der Waals surface area (Å²) < 4.78 is 5.45. The number of ether oxygens (including phenoxy) is 1. The minimum atomic E-state index is -0.670. The van der Waals surface area contributed by atoms with E-state index in [1.165, 1.54) is 231 Å². The summed E-state index contributed by atoms with van der Waals surface area (Å²) in [6, 6.07) is -0.548. The van der Waals surface area contributed by atoms with Crippen molar-refractivity contribution in [2.45, 2.75) is 321 Å². The van der Waals surface area contributed by atoms with Gasteiger partial charge in [0.25, 0.3) is 0 Å². The SMILES string of the molecule is CCCC/C=C\CCCCCCCC(=O)OCCCCCCCCCC/C=C\CCCCCCCCCC(=O)NC(CO)C(O)CCCCCCCCCCCCCCCCCCC. The molecular weight excluding hydrogens is 791 g/mol. The predicted molar refractivity (Wildman–Crippen MR) is 278 cm³/mol. The van der Waals surface area contributed by atoms with Crippen LogP contribution in [0.25, 0.3) is 0 Å². The number of unbranched alkanes of at least 4 members (excludes halogenated alkanes) is 38. The molecule has 0 aromatic heterocycles. The van der Waals surface area contributed by atoms with E-state index in [9.17, 15) is 19.8 Å². The van der Waals surface area contributed by atoms with E-state index in [2.05, 4.69) is 43.5 Å². The van der Waals surface area contributed by atoms with Gasteiger partial charge in [-0.1, -0.05) is 250 Å². The highest BCUT2D eigenvalue weighted by molar-refractivity contribution is 5.76. The van der Waals surface area contributed by atoms with Crippen molar-refractivity contribution in [2.24, 2.45) is 0 Å². The molecule has 0 rings (SSSR count). The van der Waals surface area contributed by atoms with Crippen LogP contribution in [0.4, 0.5) is 0 Å². The van der Waals surface area contributed by atoms with Gasteiger partial charge in [-0.05, 0) is 70.6 Å². The van der Waals surface area contributed by atoms with Crippen LogP contribution in [0.5, 0.6) is 0 Å². The Balaban J connectivity index is 3.45. The van der Waals surface area contributed by atoms with Crippen LogP contribution < -0.4 is 5.32 Å². The highest BCUT2D eigenvalue weighted by atomic mass is 16.5. The second-order valence-electron chi connectivity index (χ2n) is 19.6. The van der Waals surface area contributed by atoms with Crippen LogP contribution in [-0.4, -0.2) is 47.4 Å². The number of esters is 1. The van der Waals surface area contributed by atoms with Crippen molar-refractivity contribution in [2.75, 3.05) is 13.2 Å².